The molecule has 0 bridgehead atoms. The molecule has 32 heavy (non-hydrogen) atoms. The molecule has 2 aromatic carbocycles. The van der Waals surface area contributed by atoms with Gasteiger partial charge in [-0.25, -0.2) is 0 Å². The number of halogens is 1. The van der Waals surface area contributed by atoms with Crippen LogP contribution in [0.5, 0.6) is 11.5 Å². The van der Waals surface area contributed by atoms with E-state index in [0.717, 1.165) is 23.4 Å². The van der Waals surface area contributed by atoms with Crippen LogP contribution in [0.1, 0.15) is 30.9 Å². The minimum Gasteiger partial charge on any atom is -0.493 e. The van der Waals surface area contributed by atoms with Crippen LogP contribution in [0.25, 0.3) is 6.08 Å². The summed E-state index contributed by atoms with van der Waals surface area (Å²) >= 11 is 7.53. The number of amidine groups is 2. The number of hydrazone groups is 1. The molecule has 0 spiro atoms. The number of nitrogens with one attached hydrogen (secondary N) is 1. The maximum atomic E-state index is 12.6. The van der Waals surface area contributed by atoms with E-state index in [-0.39, 0.29) is 11.4 Å². The molecule has 0 radical (unpaired) electrons. The molecule has 0 aliphatic carbocycles. The predicted octanol–water partition coefficient (Wildman–Crippen LogP) is 5.35. The number of methoxy groups -OCH3 is 1. The van der Waals surface area contributed by atoms with Gasteiger partial charge in [-0.15, -0.1) is 0 Å². The summed E-state index contributed by atoms with van der Waals surface area (Å²) in [5, 5.41) is 16.2. The van der Waals surface area contributed by atoms with Crippen molar-refractivity contribution in [2.45, 2.75) is 26.4 Å². The fourth-order valence-corrected chi connectivity index (χ4v) is 4.35. The minimum absolute atomic E-state index is 0.0108. The molecule has 1 N–H and O–H groups in total. The zero-order valence-corrected chi connectivity index (χ0v) is 19.2. The highest BCUT2D eigenvalue weighted by Crippen LogP contribution is 2.33. The Labute approximate surface area is 195 Å². The largest absolute Gasteiger partial charge is 0.493 e. The Morgan fingerprint density at radius 2 is 2.03 bits per heavy atom. The van der Waals surface area contributed by atoms with E-state index in [1.54, 1.807) is 31.4 Å². The van der Waals surface area contributed by atoms with Crippen LogP contribution in [0.3, 0.4) is 0 Å². The van der Waals surface area contributed by atoms with E-state index in [1.807, 2.05) is 24.3 Å². The first-order chi connectivity index (χ1) is 15.5. The van der Waals surface area contributed by atoms with Gasteiger partial charge in [0, 0.05) is 10.6 Å². The van der Waals surface area contributed by atoms with Crippen LogP contribution in [0.2, 0.25) is 5.02 Å². The third-order valence-corrected chi connectivity index (χ3v) is 6.14. The molecule has 1 amide bonds. The van der Waals surface area contributed by atoms with Gasteiger partial charge in [0.25, 0.3) is 5.91 Å². The number of hydrogen-bond acceptors (Lipinski definition) is 6. The van der Waals surface area contributed by atoms with Crippen LogP contribution >= 0.6 is 23.4 Å². The van der Waals surface area contributed by atoms with Crippen LogP contribution < -0.4 is 9.47 Å². The zero-order valence-electron chi connectivity index (χ0n) is 17.6. The van der Waals surface area contributed by atoms with E-state index in [1.165, 1.54) is 16.8 Å². The van der Waals surface area contributed by atoms with E-state index in [2.05, 4.69) is 17.0 Å². The third-order valence-electron chi connectivity index (χ3n) is 4.80. The van der Waals surface area contributed by atoms with Gasteiger partial charge < -0.3 is 9.47 Å². The summed E-state index contributed by atoms with van der Waals surface area (Å²) in [7, 11) is 1.55. The molecule has 7 nitrogen and oxygen atoms in total. The molecular formula is C23H21ClN4O3S. The molecular weight excluding hydrogens is 448 g/mol. The van der Waals surface area contributed by atoms with Crippen molar-refractivity contribution in [3.63, 3.8) is 0 Å². The van der Waals surface area contributed by atoms with Gasteiger partial charge in [0.05, 0.1) is 12.7 Å². The van der Waals surface area contributed by atoms with Crippen LogP contribution in [-0.4, -0.2) is 34.1 Å². The topological polar surface area (TPSA) is 87.3 Å². The van der Waals surface area contributed by atoms with Crippen LogP contribution in [0, 0.1) is 5.41 Å². The molecule has 2 aliphatic heterocycles. The predicted molar refractivity (Wildman–Crippen MR) is 129 cm³/mol. The Morgan fingerprint density at radius 3 is 2.78 bits per heavy atom. The number of thioether (sulfide) groups is 1. The number of carbonyl (C=O) groups is 1. The lowest BCUT2D eigenvalue weighted by Gasteiger charge is -2.20. The fraction of sp³-hybridized carbons (Fsp3) is 0.217. The standard InChI is InChI=1S/C23H21ClN4O3S/c1-3-6-20-27-28-21(25)16(22(29)26-23(28)32-20)11-14-9-10-18(19(12-14)30-2)31-13-15-7-4-5-8-17(15)24/h4-5,7-12,25H,3,6,13H2,1-2H3/b16-11+,25-21?. The highest BCUT2D eigenvalue weighted by atomic mass is 35.5. The van der Waals surface area contributed by atoms with E-state index in [0.29, 0.717) is 33.9 Å². The number of aliphatic imine (C=N–C) groups is 1. The average molecular weight is 469 g/mol. The van der Waals surface area contributed by atoms with Crippen molar-refractivity contribution < 1.29 is 14.3 Å². The second-order valence-corrected chi connectivity index (χ2v) is 8.50. The molecule has 0 saturated heterocycles. The van der Waals surface area contributed by atoms with E-state index in [9.17, 15) is 4.79 Å². The van der Waals surface area contributed by atoms with Crippen molar-refractivity contribution in [3.8, 4) is 11.5 Å². The van der Waals surface area contributed by atoms with Gasteiger partial charge in [-0.1, -0.05) is 42.8 Å². The van der Waals surface area contributed by atoms with E-state index < -0.39 is 5.91 Å². The van der Waals surface area contributed by atoms with Crippen LogP contribution in [-0.2, 0) is 11.4 Å². The van der Waals surface area contributed by atoms with Crippen molar-refractivity contribution >= 4 is 51.4 Å². The second-order valence-electron chi connectivity index (χ2n) is 7.05. The monoisotopic (exact) mass is 468 g/mol. The Bertz CT molecular complexity index is 1180. The van der Waals surface area contributed by atoms with Crippen molar-refractivity contribution in [1.29, 1.82) is 5.41 Å². The van der Waals surface area contributed by atoms with Gasteiger partial charge in [-0.05, 0) is 54.4 Å². The molecule has 9 heteroatoms. The van der Waals surface area contributed by atoms with Gasteiger partial charge in [0.2, 0.25) is 5.17 Å². The summed E-state index contributed by atoms with van der Waals surface area (Å²) in [6, 6.07) is 12.8. The number of ether oxygens (including phenoxy) is 2. The van der Waals surface area contributed by atoms with Gasteiger partial charge in [0.15, 0.2) is 17.3 Å². The number of rotatable bonds is 7. The average Bonchev–Trinajstić information content (AvgIpc) is 3.19. The molecule has 0 aromatic heterocycles. The molecule has 0 unspecified atom stereocenters. The SMILES string of the molecule is CCCC1=NN2C(=N)/C(=C\c3ccc(OCc4ccccc4Cl)c(OC)c3)C(=O)N=C2S1. The number of benzene rings is 2. The highest BCUT2D eigenvalue weighted by Gasteiger charge is 2.35. The Balaban J connectivity index is 1.56. The summed E-state index contributed by atoms with van der Waals surface area (Å²) in [6.07, 6.45) is 3.33. The summed E-state index contributed by atoms with van der Waals surface area (Å²) < 4.78 is 11.4. The molecule has 4 rings (SSSR count). The van der Waals surface area contributed by atoms with Gasteiger partial charge >= 0.3 is 0 Å². The first-order valence-electron chi connectivity index (χ1n) is 10.0. The summed E-state index contributed by atoms with van der Waals surface area (Å²) in [6.45, 7) is 2.35. The number of hydrogen-bond donors (Lipinski definition) is 1. The normalized spacial score (nSPS) is 16.7. The van der Waals surface area contributed by atoms with Crippen molar-refractivity contribution in [3.05, 3.63) is 64.2 Å². The molecule has 2 heterocycles. The maximum absolute atomic E-state index is 12.6. The molecule has 0 fully saturated rings. The highest BCUT2D eigenvalue weighted by molar-refractivity contribution is 8.26. The smallest absolute Gasteiger partial charge is 0.283 e. The fourth-order valence-electron chi connectivity index (χ4n) is 3.18. The van der Waals surface area contributed by atoms with Crippen molar-refractivity contribution in [1.82, 2.24) is 5.01 Å². The number of fused-ring (bicyclic) bond motifs is 1. The first kappa shape index (κ1) is 22.1. The Hall–Kier alpha value is -3.10. The van der Waals surface area contributed by atoms with Crippen molar-refractivity contribution in [2.24, 2.45) is 10.1 Å². The lowest BCUT2D eigenvalue weighted by atomic mass is 10.1. The lowest BCUT2D eigenvalue weighted by Crippen LogP contribution is -2.35. The summed E-state index contributed by atoms with van der Waals surface area (Å²) in [5.74, 6) is 0.603. The quantitative estimate of drug-likeness (QED) is 0.553. The maximum Gasteiger partial charge on any atom is 0.283 e. The molecule has 2 aromatic rings. The number of nitrogens with zero attached hydrogens (tertiary/aromatic N) is 3. The third kappa shape index (κ3) is 4.56. The Kier molecular flexibility index (Phi) is 6.62. The molecule has 2 aliphatic rings. The minimum atomic E-state index is -0.459. The molecule has 0 atom stereocenters. The van der Waals surface area contributed by atoms with Gasteiger partial charge in [-0.2, -0.15) is 15.1 Å². The summed E-state index contributed by atoms with van der Waals surface area (Å²) in [5.41, 5.74) is 1.72. The molecule has 164 valence electrons. The molecule has 0 saturated carbocycles. The van der Waals surface area contributed by atoms with Gasteiger partial charge in [0.1, 0.15) is 11.7 Å². The first-order valence-corrected chi connectivity index (χ1v) is 11.2. The number of amides is 1. The van der Waals surface area contributed by atoms with Crippen LogP contribution in [0.15, 0.2) is 58.1 Å². The van der Waals surface area contributed by atoms with Crippen LogP contribution in [0.4, 0.5) is 0 Å². The number of carbonyl (C=O) groups excluding carboxylic acids is 1. The van der Waals surface area contributed by atoms with E-state index in [4.69, 9.17) is 26.5 Å². The Morgan fingerprint density at radius 1 is 1.22 bits per heavy atom. The lowest BCUT2D eigenvalue weighted by molar-refractivity contribution is -0.114. The summed E-state index contributed by atoms with van der Waals surface area (Å²) in [4.78, 5) is 16.7. The second kappa shape index (κ2) is 9.58. The van der Waals surface area contributed by atoms with Crippen molar-refractivity contribution in [2.75, 3.05) is 7.11 Å². The van der Waals surface area contributed by atoms with Gasteiger partial charge in [-0.3, -0.25) is 10.2 Å². The van der Waals surface area contributed by atoms with E-state index >= 15 is 0 Å². The zero-order chi connectivity index (χ0) is 22.7.